The molecule has 0 heterocycles. The molecule has 0 saturated carbocycles. The lowest BCUT2D eigenvalue weighted by molar-refractivity contribution is -0.120. The van der Waals surface area contributed by atoms with E-state index in [9.17, 15) is 4.79 Å². The summed E-state index contributed by atoms with van der Waals surface area (Å²) in [6, 6.07) is 6.20. The van der Waals surface area contributed by atoms with Crippen LogP contribution in [0.4, 0.5) is 0 Å². The van der Waals surface area contributed by atoms with Gasteiger partial charge < -0.3 is 5.32 Å². The van der Waals surface area contributed by atoms with Crippen LogP contribution in [-0.2, 0) is 11.2 Å². The van der Waals surface area contributed by atoms with E-state index in [4.69, 9.17) is 0 Å². The number of hydrogen-bond donors (Lipinski definition) is 1. The Morgan fingerprint density at radius 1 is 1.40 bits per heavy atom. The second-order valence-electron chi connectivity index (χ2n) is 3.65. The maximum absolute atomic E-state index is 11.5. The van der Waals surface area contributed by atoms with Crippen molar-refractivity contribution < 1.29 is 4.79 Å². The van der Waals surface area contributed by atoms with Crippen LogP contribution in [0.25, 0.3) is 0 Å². The van der Waals surface area contributed by atoms with Crippen molar-refractivity contribution in [3.05, 3.63) is 34.9 Å². The third-order valence-corrected chi connectivity index (χ3v) is 2.67. The van der Waals surface area contributed by atoms with Gasteiger partial charge in [-0.05, 0) is 25.0 Å². The quantitative estimate of drug-likeness (QED) is 0.836. The number of rotatable bonds is 4. The molecule has 82 valence electrons. The van der Waals surface area contributed by atoms with Gasteiger partial charge in [-0.3, -0.25) is 4.79 Å². The maximum Gasteiger partial charge on any atom is 0.224 e. The minimum atomic E-state index is 0.0863. The van der Waals surface area contributed by atoms with Crippen LogP contribution in [0.1, 0.15) is 16.7 Å². The Kier molecular flexibility index (Phi) is 4.82. The summed E-state index contributed by atoms with van der Waals surface area (Å²) >= 11 is 3.27. The second-order valence-corrected chi connectivity index (χ2v) is 4.44. The Bertz CT molecular complexity index is 349. The van der Waals surface area contributed by atoms with Gasteiger partial charge in [0.2, 0.25) is 5.91 Å². The summed E-state index contributed by atoms with van der Waals surface area (Å²) in [5.74, 6) is 0.0863. The van der Waals surface area contributed by atoms with E-state index < -0.39 is 0 Å². The van der Waals surface area contributed by atoms with E-state index in [0.29, 0.717) is 13.0 Å². The molecule has 0 spiro atoms. The van der Waals surface area contributed by atoms with Gasteiger partial charge in [0, 0.05) is 11.9 Å². The molecule has 1 aromatic rings. The molecule has 0 aliphatic rings. The maximum atomic E-state index is 11.5. The smallest absolute Gasteiger partial charge is 0.224 e. The fourth-order valence-corrected chi connectivity index (χ4v) is 1.61. The molecule has 0 radical (unpaired) electrons. The summed E-state index contributed by atoms with van der Waals surface area (Å²) in [6.07, 6.45) is 0.473. The van der Waals surface area contributed by atoms with Crippen LogP contribution in [0.5, 0.6) is 0 Å². The zero-order valence-corrected chi connectivity index (χ0v) is 10.7. The lowest BCUT2D eigenvalue weighted by atomic mass is 10.0. The van der Waals surface area contributed by atoms with Gasteiger partial charge in [0.05, 0.1) is 6.42 Å². The van der Waals surface area contributed by atoms with Crippen LogP contribution in [0.3, 0.4) is 0 Å². The van der Waals surface area contributed by atoms with E-state index in [1.165, 1.54) is 11.1 Å². The zero-order chi connectivity index (χ0) is 11.3. The minimum absolute atomic E-state index is 0.0863. The number of nitrogens with one attached hydrogen (secondary N) is 1. The van der Waals surface area contributed by atoms with E-state index >= 15 is 0 Å². The molecule has 3 heteroatoms. The monoisotopic (exact) mass is 269 g/mol. The first-order valence-corrected chi connectivity index (χ1v) is 6.14. The van der Waals surface area contributed by atoms with Gasteiger partial charge in [0.15, 0.2) is 0 Å². The first kappa shape index (κ1) is 12.2. The number of carbonyl (C=O) groups is 1. The Hall–Kier alpha value is -0.830. The molecule has 1 N–H and O–H groups in total. The van der Waals surface area contributed by atoms with E-state index in [1.807, 2.05) is 13.8 Å². The van der Waals surface area contributed by atoms with Gasteiger partial charge in [-0.2, -0.15) is 0 Å². The normalized spacial score (nSPS) is 10.1. The van der Waals surface area contributed by atoms with Gasteiger partial charge in [0.1, 0.15) is 0 Å². The molecule has 2 nitrogen and oxygen atoms in total. The van der Waals surface area contributed by atoms with E-state index in [-0.39, 0.29) is 5.91 Å². The standard InChI is InChI=1S/C12H16BrNO/c1-9-3-4-10(2)11(7-9)8-12(15)14-6-5-13/h3-4,7H,5-6,8H2,1-2H3,(H,14,15). The molecule has 0 fully saturated rings. The number of aryl methyl sites for hydroxylation is 2. The van der Waals surface area contributed by atoms with Gasteiger partial charge in [-0.15, -0.1) is 0 Å². The number of alkyl halides is 1. The number of amides is 1. The van der Waals surface area contributed by atoms with E-state index in [2.05, 4.69) is 39.4 Å². The predicted octanol–water partition coefficient (Wildman–Crippen LogP) is 2.36. The largest absolute Gasteiger partial charge is 0.355 e. The molecule has 0 unspecified atom stereocenters. The summed E-state index contributed by atoms with van der Waals surface area (Å²) in [7, 11) is 0. The third-order valence-electron chi connectivity index (χ3n) is 2.27. The second kappa shape index (κ2) is 5.91. The van der Waals surface area contributed by atoms with Crippen molar-refractivity contribution in [2.75, 3.05) is 11.9 Å². The predicted molar refractivity (Wildman–Crippen MR) is 66.4 cm³/mol. The molecule has 0 aromatic heterocycles. The number of hydrogen-bond acceptors (Lipinski definition) is 1. The van der Waals surface area contributed by atoms with Crippen molar-refractivity contribution in [3.8, 4) is 0 Å². The fraction of sp³-hybridized carbons (Fsp3) is 0.417. The van der Waals surface area contributed by atoms with Crippen LogP contribution in [0.15, 0.2) is 18.2 Å². The summed E-state index contributed by atoms with van der Waals surface area (Å²) in [4.78, 5) is 11.5. The summed E-state index contributed by atoms with van der Waals surface area (Å²) in [5, 5.41) is 3.64. The van der Waals surface area contributed by atoms with Crippen molar-refractivity contribution >= 4 is 21.8 Å². The van der Waals surface area contributed by atoms with Crippen LogP contribution >= 0.6 is 15.9 Å². The van der Waals surface area contributed by atoms with Gasteiger partial charge in [-0.25, -0.2) is 0 Å². The Morgan fingerprint density at radius 2 is 2.13 bits per heavy atom. The highest BCUT2D eigenvalue weighted by Crippen LogP contribution is 2.11. The summed E-state index contributed by atoms with van der Waals surface area (Å²) in [5.41, 5.74) is 3.49. The topological polar surface area (TPSA) is 29.1 Å². The lowest BCUT2D eigenvalue weighted by Gasteiger charge is -2.07. The third kappa shape index (κ3) is 4.04. The highest BCUT2D eigenvalue weighted by molar-refractivity contribution is 9.09. The molecule has 0 bridgehead atoms. The van der Waals surface area contributed by atoms with Crippen LogP contribution in [0.2, 0.25) is 0 Å². The van der Waals surface area contributed by atoms with Crippen molar-refractivity contribution in [2.24, 2.45) is 0 Å². The highest BCUT2D eigenvalue weighted by atomic mass is 79.9. The number of halogens is 1. The van der Waals surface area contributed by atoms with E-state index in [0.717, 1.165) is 10.9 Å². The van der Waals surface area contributed by atoms with Crippen molar-refractivity contribution in [3.63, 3.8) is 0 Å². The Balaban J connectivity index is 2.63. The summed E-state index contributed by atoms with van der Waals surface area (Å²) in [6.45, 7) is 4.76. The highest BCUT2D eigenvalue weighted by Gasteiger charge is 2.05. The molecule has 0 aliphatic heterocycles. The SMILES string of the molecule is Cc1ccc(C)c(CC(=O)NCCBr)c1. The molecule has 1 aromatic carbocycles. The molecule has 1 amide bonds. The van der Waals surface area contributed by atoms with Crippen molar-refractivity contribution in [1.29, 1.82) is 0 Å². The van der Waals surface area contributed by atoms with Gasteiger partial charge in [-0.1, -0.05) is 39.7 Å². The lowest BCUT2D eigenvalue weighted by Crippen LogP contribution is -2.27. The molecular formula is C12H16BrNO. The first-order valence-electron chi connectivity index (χ1n) is 5.02. The van der Waals surface area contributed by atoms with Crippen molar-refractivity contribution in [2.45, 2.75) is 20.3 Å². The molecule has 1 rings (SSSR count). The van der Waals surface area contributed by atoms with Gasteiger partial charge in [0.25, 0.3) is 0 Å². The number of benzene rings is 1. The van der Waals surface area contributed by atoms with Crippen LogP contribution in [-0.4, -0.2) is 17.8 Å². The van der Waals surface area contributed by atoms with Crippen LogP contribution < -0.4 is 5.32 Å². The van der Waals surface area contributed by atoms with Crippen molar-refractivity contribution in [1.82, 2.24) is 5.32 Å². The van der Waals surface area contributed by atoms with Gasteiger partial charge >= 0.3 is 0 Å². The minimum Gasteiger partial charge on any atom is -0.355 e. The molecule has 0 saturated heterocycles. The Morgan fingerprint density at radius 3 is 2.80 bits per heavy atom. The van der Waals surface area contributed by atoms with Crippen LogP contribution in [0, 0.1) is 13.8 Å². The fourth-order valence-electron chi connectivity index (χ4n) is 1.41. The zero-order valence-electron chi connectivity index (χ0n) is 9.14. The molecular weight excluding hydrogens is 254 g/mol. The van der Waals surface area contributed by atoms with E-state index in [1.54, 1.807) is 0 Å². The Labute approximate surface area is 99.2 Å². The average Bonchev–Trinajstić information content (AvgIpc) is 2.20. The molecule has 15 heavy (non-hydrogen) atoms. The first-order chi connectivity index (χ1) is 7.13. The molecule has 0 aliphatic carbocycles. The molecule has 0 atom stereocenters. The average molecular weight is 270 g/mol. The summed E-state index contributed by atoms with van der Waals surface area (Å²) < 4.78 is 0. The number of carbonyl (C=O) groups excluding carboxylic acids is 1.